The van der Waals surface area contributed by atoms with Crippen LogP contribution in [-0.4, -0.2) is 46.8 Å². The van der Waals surface area contributed by atoms with Crippen molar-refractivity contribution >= 4 is 50.9 Å². The number of hydrogen-bond acceptors (Lipinski definition) is 6. The van der Waals surface area contributed by atoms with Crippen LogP contribution in [0.25, 0.3) is 0 Å². The van der Waals surface area contributed by atoms with Crippen LogP contribution in [0.15, 0.2) is 34.2 Å². The van der Waals surface area contributed by atoms with Gasteiger partial charge in [-0.2, -0.15) is 13.2 Å². The molecule has 1 heterocycles. The van der Waals surface area contributed by atoms with Crippen molar-refractivity contribution in [3.05, 3.63) is 45.4 Å². The van der Waals surface area contributed by atoms with Gasteiger partial charge >= 0.3 is 18.4 Å². The number of halogens is 4. The molecule has 13 heteroatoms. The van der Waals surface area contributed by atoms with Gasteiger partial charge < -0.3 is 20.0 Å². The number of ether oxygens (including phenoxy) is 1. The molecule has 0 saturated heterocycles. The largest absolute Gasteiger partial charge is 0.465 e. The third kappa shape index (κ3) is 7.70. The second kappa shape index (κ2) is 10.5. The minimum absolute atomic E-state index is 0.140. The summed E-state index contributed by atoms with van der Waals surface area (Å²) in [5, 5.41) is 11.7. The number of hydrogen-bond donors (Lipinski definition) is 2. The number of amides is 2. The van der Waals surface area contributed by atoms with Gasteiger partial charge in [0.15, 0.2) is 5.13 Å². The van der Waals surface area contributed by atoms with Crippen LogP contribution in [0.2, 0.25) is 0 Å². The maximum absolute atomic E-state index is 12.9. The van der Waals surface area contributed by atoms with E-state index in [2.05, 4.69) is 26.2 Å². The highest BCUT2D eigenvalue weighted by atomic mass is 79.9. The van der Waals surface area contributed by atoms with Gasteiger partial charge in [-0.1, -0.05) is 23.5 Å². The number of alkyl halides is 3. The highest BCUT2D eigenvalue weighted by Gasteiger charge is 2.34. The Morgan fingerprint density at radius 3 is 2.30 bits per heavy atom. The molecule has 2 amide bonds. The van der Waals surface area contributed by atoms with Gasteiger partial charge in [0.05, 0.1) is 34.1 Å². The molecule has 33 heavy (non-hydrogen) atoms. The monoisotopic (exact) mass is 551 g/mol. The van der Waals surface area contributed by atoms with Crippen LogP contribution in [-0.2, 0) is 15.7 Å². The minimum atomic E-state index is -4.57. The van der Waals surface area contributed by atoms with Crippen molar-refractivity contribution in [3.63, 3.8) is 0 Å². The molecular formula is C20H21BrF3N3O5S. The van der Waals surface area contributed by atoms with E-state index in [1.165, 1.54) is 6.20 Å². The topological polar surface area (TPSA) is 109 Å². The summed E-state index contributed by atoms with van der Waals surface area (Å²) in [4.78, 5) is 41.4. The molecule has 0 spiro atoms. The second-order valence-corrected chi connectivity index (χ2v) is 10.3. The average molecular weight is 552 g/mol. The maximum Gasteiger partial charge on any atom is 0.416 e. The van der Waals surface area contributed by atoms with Crippen molar-refractivity contribution in [2.24, 2.45) is 0 Å². The van der Waals surface area contributed by atoms with Gasteiger partial charge in [0.2, 0.25) is 0 Å². The lowest BCUT2D eigenvalue weighted by molar-refractivity contribution is -0.137. The standard InChI is InChI=1S/C20H21BrF3N3O5S/c1-19(2,3)32-18(31)27(16-25-8-15(21)33-16)9-14(26-17(29)30)13(10-28)11-4-6-12(7-5-11)20(22,23)24/h4-8,10,13-14,26H,9H2,1-3H3,(H,29,30)/t13-,14-/m1/s1. The summed E-state index contributed by atoms with van der Waals surface area (Å²) in [6.07, 6.45) is -5.04. The predicted octanol–water partition coefficient (Wildman–Crippen LogP) is 5.28. The van der Waals surface area contributed by atoms with Crippen molar-refractivity contribution in [2.45, 2.75) is 44.5 Å². The molecule has 0 saturated carbocycles. The summed E-state index contributed by atoms with van der Waals surface area (Å²) in [6, 6.07) is 2.57. The number of anilines is 1. The summed E-state index contributed by atoms with van der Waals surface area (Å²) < 4.78 is 44.7. The first kappa shape index (κ1) is 26.6. The quantitative estimate of drug-likeness (QED) is 0.453. The van der Waals surface area contributed by atoms with E-state index in [-0.39, 0.29) is 17.2 Å². The molecule has 1 aromatic heterocycles. The lowest BCUT2D eigenvalue weighted by atomic mass is 9.91. The van der Waals surface area contributed by atoms with E-state index < -0.39 is 41.5 Å². The Morgan fingerprint density at radius 2 is 1.88 bits per heavy atom. The fraction of sp³-hybridized carbons (Fsp3) is 0.400. The molecule has 2 atom stereocenters. The van der Waals surface area contributed by atoms with Gasteiger partial charge in [0, 0.05) is 0 Å². The van der Waals surface area contributed by atoms with Crippen molar-refractivity contribution < 1.29 is 37.4 Å². The second-order valence-electron chi connectivity index (χ2n) is 7.88. The fourth-order valence-electron chi connectivity index (χ4n) is 2.82. The number of nitrogens with one attached hydrogen (secondary N) is 1. The fourth-order valence-corrected chi connectivity index (χ4v) is 4.00. The molecule has 2 rings (SSSR count). The Kier molecular flexibility index (Phi) is 8.46. The first-order valence-electron chi connectivity index (χ1n) is 9.45. The van der Waals surface area contributed by atoms with E-state index >= 15 is 0 Å². The summed E-state index contributed by atoms with van der Waals surface area (Å²) in [6.45, 7) is 4.56. The summed E-state index contributed by atoms with van der Waals surface area (Å²) in [5.74, 6) is -1.20. The van der Waals surface area contributed by atoms with Crippen molar-refractivity contribution in [3.8, 4) is 0 Å². The molecule has 0 aliphatic carbocycles. The van der Waals surface area contributed by atoms with E-state index in [0.717, 1.165) is 40.5 Å². The van der Waals surface area contributed by atoms with Crippen LogP contribution in [0, 0.1) is 0 Å². The molecule has 0 aliphatic rings. The molecular weight excluding hydrogens is 531 g/mol. The Labute approximate surface area is 199 Å². The van der Waals surface area contributed by atoms with Crippen LogP contribution < -0.4 is 10.2 Å². The predicted molar refractivity (Wildman–Crippen MR) is 119 cm³/mol. The van der Waals surface area contributed by atoms with Crippen LogP contribution in [0.1, 0.15) is 37.8 Å². The van der Waals surface area contributed by atoms with Crippen LogP contribution >= 0.6 is 27.3 Å². The molecule has 2 aromatic rings. The number of aldehydes is 1. The van der Waals surface area contributed by atoms with Gasteiger partial charge in [0.25, 0.3) is 0 Å². The third-order valence-electron chi connectivity index (χ3n) is 4.20. The van der Waals surface area contributed by atoms with Crippen molar-refractivity contribution in [1.82, 2.24) is 10.3 Å². The van der Waals surface area contributed by atoms with Crippen molar-refractivity contribution in [2.75, 3.05) is 11.4 Å². The highest BCUT2D eigenvalue weighted by molar-refractivity contribution is 9.11. The third-order valence-corrected chi connectivity index (χ3v) is 5.70. The number of carbonyl (C=O) groups excluding carboxylic acids is 2. The number of rotatable bonds is 7. The smallest absolute Gasteiger partial charge is 0.416 e. The first-order valence-corrected chi connectivity index (χ1v) is 11.1. The highest BCUT2D eigenvalue weighted by Crippen LogP contribution is 2.32. The zero-order valence-electron chi connectivity index (χ0n) is 17.7. The number of thiazole rings is 1. The van der Waals surface area contributed by atoms with Gasteiger partial charge in [0.1, 0.15) is 11.9 Å². The number of carboxylic acid groups (broad SMARTS) is 1. The molecule has 8 nitrogen and oxygen atoms in total. The average Bonchev–Trinajstić information content (AvgIpc) is 3.10. The first-order chi connectivity index (χ1) is 15.2. The Hall–Kier alpha value is -2.67. The Morgan fingerprint density at radius 1 is 1.27 bits per heavy atom. The number of carbonyl (C=O) groups is 3. The van der Waals surface area contributed by atoms with Gasteiger partial charge in [-0.3, -0.25) is 4.90 Å². The van der Waals surface area contributed by atoms with E-state index in [4.69, 9.17) is 4.74 Å². The van der Waals surface area contributed by atoms with Crippen LogP contribution in [0.4, 0.5) is 27.9 Å². The number of aromatic nitrogens is 1. The lowest BCUT2D eigenvalue weighted by Gasteiger charge is -2.31. The van der Waals surface area contributed by atoms with E-state index in [1.54, 1.807) is 20.8 Å². The normalized spacial score (nSPS) is 13.7. The molecule has 0 fully saturated rings. The van der Waals surface area contributed by atoms with E-state index in [0.29, 0.717) is 10.1 Å². The molecule has 1 aromatic carbocycles. The summed E-state index contributed by atoms with van der Waals surface area (Å²) in [7, 11) is 0. The molecule has 0 radical (unpaired) electrons. The van der Waals surface area contributed by atoms with Gasteiger partial charge in [-0.05, 0) is 54.4 Å². The zero-order valence-corrected chi connectivity index (χ0v) is 20.1. The molecule has 180 valence electrons. The lowest BCUT2D eigenvalue weighted by Crippen LogP contribution is -2.50. The van der Waals surface area contributed by atoms with Crippen LogP contribution in [0.5, 0.6) is 0 Å². The summed E-state index contributed by atoms with van der Waals surface area (Å²) in [5.41, 5.74) is -1.65. The maximum atomic E-state index is 12.9. The molecule has 0 unspecified atom stereocenters. The van der Waals surface area contributed by atoms with Gasteiger partial charge in [-0.25, -0.2) is 14.6 Å². The molecule has 0 bridgehead atoms. The van der Waals surface area contributed by atoms with Crippen LogP contribution in [0.3, 0.4) is 0 Å². The van der Waals surface area contributed by atoms with Gasteiger partial charge in [-0.15, -0.1) is 0 Å². The minimum Gasteiger partial charge on any atom is -0.465 e. The molecule has 2 N–H and O–H groups in total. The number of benzene rings is 1. The number of nitrogens with zero attached hydrogens (tertiary/aromatic N) is 2. The Balaban J connectivity index is 2.43. The van der Waals surface area contributed by atoms with Crippen molar-refractivity contribution in [1.29, 1.82) is 0 Å². The molecule has 0 aliphatic heterocycles. The summed E-state index contributed by atoms with van der Waals surface area (Å²) >= 11 is 4.31. The SMILES string of the molecule is CC(C)(C)OC(=O)N(C[C@@H](NC(=O)O)[C@H](C=O)c1ccc(C(F)(F)F)cc1)c1ncc(Br)s1. The Bertz CT molecular complexity index is 992. The zero-order chi connectivity index (χ0) is 25.0. The van der Waals surface area contributed by atoms with E-state index in [9.17, 15) is 32.7 Å². The van der Waals surface area contributed by atoms with E-state index in [1.807, 2.05) is 0 Å².